The molecule has 1 saturated heterocycles. The van der Waals surface area contributed by atoms with Gasteiger partial charge in [-0.05, 0) is 25.7 Å². The number of fused-ring (bicyclic) bond motifs is 1. The van der Waals surface area contributed by atoms with E-state index in [4.69, 9.17) is 0 Å². The zero-order chi connectivity index (χ0) is 15.1. The molecule has 3 heterocycles. The first kappa shape index (κ1) is 13.9. The Labute approximate surface area is 123 Å². The fourth-order valence-electron chi connectivity index (χ4n) is 3.11. The molecule has 6 heteroatoms. The maximum Gasteiger partial charge on any atom is 0.339 e. The summed E-state index contributed by atoms with van der Waals surface area (Å²) < 4.78 is 1.71. The van der Waals surface area contributed by atoms with Gasteiger partial charge >= 0.3 is 5.97 Å². The summed E-state index contributed by atoms with van der Waals surface area (Å²) in [7, 11) is 1.84. The monoisotopic (exact) mass is 288 g/mol. The van der Waals surface area contributed by atoms with Crippen LogP contribution in [0.3, 0.4) is 0 Å². The Bertz CT molecular complexity index is 699. The summed E-state index contributed by atoms with van der Waals surface area (Å²) in [5.74, 6) is -0.233. The quantitative estimate of drug-likeness (QED) is 0.917. The number of hydrogen-bond acceptors (Lipinski definition) is 4. The van der Waals surface area contributed by atoms with E-state index in [1.54, 1.807) is 4.68 Å². The second-order valence-corrected chi connectivity index (χ2v) is 5.90. The van der Waals surface area contributed by atoms with Gasteiger partial charge in [-0.2, -0.15) is 5.10 Å². The molecular formula is C15H20N4O2. The van der Waals surface area contributed by atoms with Crippen molar-refractivity contribution in [2.45, 2.75) is 26.7 Å². The third-order valence-electron chi connectivity index (χ3n) is 4.33. The Hall–Kier alpha value is -2.11. The van der Waals surface area contributed by atoms with Crippen molar-refractivity contribution in [1.82, 2.24) is 14.8 Å². The molecule has 6 nitrogen and oxygen atoms in total. The topological polar surface area (TPSA) is 71.2 Å². The van der Waals surface area contributed by atoms with Crippen LogP contribution in [-0.4, -0.2) is 38.9 Å². The van der Waals surface area contributed by atoms with Gasteiger partial charge in [-0.25, -0.2) is 9.78 Å². The van der Waals surface area contributed by atoms with Crippen molar-refractivity contribution < 1.29 is 9.90 Å². The van der Waals surface area contributed by atoms with Crippen LogP contribution in [0.1, 0.15) is 35.8 Å². The number of hydrogen-bond donors (Lipinski definition) is 1. The van der Waals surface area contributed by atoms with E-state index in [1.165, 1.54) is 6.20 Å². The van der Waals surface area contributed by atoms with Gasteiger partial charge < -0.3 is 10.0 Å². The SMILES string of the molecule is Cc1nn(C)c2ncc(C(=O)O)c(N3CCC(C)CC3)c12. The number of piperidine rings is 1. The predicted molar refractivity (Wildman–Crippen MR) is 80.8 cm³/mol. The lowest BCUT2D eigenvalue weighted by molar-refractivity contribution is 0.0697. The van der Waals surface area contributed by atoms with E-state index in [-0.39, 0.29) is 5.56 Å². The smallest absolute Gasteiger partial charge is 0.339 e. The zero-order valence-electron chi connectivity index (χ0n) is 12.6. The molecule has 0 saturated carbocycles. The summed E-state index contributed by atoms with van der Waals surface area (Å²) in [5.41, 5.74) is 2.63. The molecule has 0 spiro atoms. The summed E-state index contributed by atoms with van der Waals surface area (Å²) in [6.45, 7) is 5.92. The molecule has 0 unspecified atom stereocenters. The number of nitrogens with zero attached hydrogens (tertiary/aromatic N) is 4. The molecule has 0 aromatic carbocycles. The molecule has 1 fully saturated rings. The number of anilines is 1. The van der Waals surface area contributed by atoms with E-state index in [0.29, 0.717) is 5.92 Å². The van der Waals surface area contributed by atoms with Crippen molar-refractivity contribution >= 4 is 22.7 Å². The van der Waals surface area contributed by atoms with Crippen molar-refractivity contribution in [3.63, 3.8) is 0 Å². The number of carbonyl (C=O) groups is 1. The van der Waals surface area contributed by atoms with Crippen molar-refractivity contribution in [1.29, 1.82) is 0 Å². The van der Waals surface area contributed by atoms with Crippen LogP contribution in [0.5, 0.6) is 0 Å². The number of aromatic carboxylic acids is 1. The van der Waals surface area contributed by atoms with Gasteiger partial charge in [0.05, 0.1) is 16.8 Å². The number of rotatable bonds is 2. The van der Waals surface area contributed by atoms with Crippen molar-refractivity contribution in [2.24, 2.45) is 13.0 Å². The third-order valence-corrected chi connectivity index (χ3v) is 4.33. The van der Waals surface area contributed by atoms with E-state index in [9.17, 15) is 9.90 Å². The lowest BCUT2D eigenvalue weighted by Crippen LogP contribution is -2.34. The van der Waals surface area contributed by atoms with Gasteiger partial charge in [0, 0.05) is 26.3 Å². The van der Waals surface area contributed by atoms with Crippen LogP contribution < -0.4 is 4.90 Å². The van der Waals surface area contributed by atoms with Gasteiger partial charge in [-0.15, -0.1) is 0 Å². The highest BCUT2D eigenvalue weighted by Gasteiger charge is 2.26. The molecule has 0 bridgehead atoms. The van der Waals surface area contributed by atoms with Crippen LogP contribution in [0.15, 0.2) is 6.20 Å². The highest BCUT2D eigenvalue weighted by atomic mass is 16.4. The first-order valence-electron chi connectivity index (χ1n) is 7.29. The number of aryl methyl sites for hydroxylation is 2. The minimum atomic E-state index is -0.929. The predicted octanol–water partition coefficient (Wildman–Crippen LogP) is 2.21. The highest BCUT2D eigenvalue weighted by molar-refractivity contribution is 6.04. The summed E-state index contributed by atoms with van der Waals surface area (Å²) in [4.78, 5) is 18.1. The molecule has 0 amide bonds. The van der Waals surface area contributed by atoms with Gasteiger partial charge in [0.1, 0.15) is 5.56 Å². The van der Waals surface area contributed by atoms with E-state index < -0.39 is 5.97 Å². The average molecular weight is 288 g/mol. The van der Waals surface area contributed by atoms with Crippen LogP contribution in [-0.2, 0) is 7.05 Å². The first-order valence-corrected chi connectivity index (χ1v) is 7.29. The van der Waals surface area contributed by atoms with Crippen LogP contribution in [0.25, 0.3) is 11.0 Å². The van der Waals surface area contributed by atoms with Crippen LogP contribution in [0.2, 0.25) is 0 Å². The van der Waals surface area contributed by atoms with Crippen molar-refractivity contribution in [3.8, 4) is 0 Å². The highest BCUT2D eigenvalue weighted by Crippen LogP contribution is 2.34. The maximum absolute atomic E-state index is 11.6. The van der Waals surface area contributed by atoms with E-state index in [2.05, 4.69) is 21.9 Å². The fraction of sp³-hybridized carbons (Fsp3) is 0.533. The summed E-state index contributed by atoms with van der Waals surface area (Å²) in [5, 5.41) is 14.8. The summed E-state index contributed by atoms with van der Waals surface area (Å²) >= 11 is 0. The van der Waals surface area contributed by atoms with E-state index in [0.717, 1.165) is 48.3 Å². The number of aromatic nitrogens is 3. The molecule has 0 atom stereocenters. The molecular weight excluding hydrogens is 268 g/mol. The molecule has 0 aliphatic carbocycles. The standard InChI is InChI=1S/C15H20N4O2/c1-9-4-6-19(7-5-9)13-11(15(20)21)8-16-14-12(13)10(2)17-18(14)3/h8-9H,4-7H2,1-3H3,(H,20,21). The minimum absolute atomic E-state index is 0.271. The van der Waals surface area contributed by atoms with Gasteiger partial charge in [0.25, 0.3) is 0 Å². The largest absolute Gasteiger partial charge is 0.478 e. The van der Waals surface area contributed by atoms with Gasteiger partial charge in [-0.3, -0.25) is 4.68 Å². The molecule has 1 N–H and O–H groups in total. The third kappa shape index (κ3) is 2.24. The summed E-state index contributed by atoms with van der Waals surface area (Å²) in [6.07, 6.45) is 3.63. The number of carboxylic acid groups (broad SMARTS) is 1. The second kappa shape index (κ2) is 5.02. The van der Waals surface area contributed by atoms with Crippen LogP contribution >= 0.6 is 0 Å². The normalized spacial score (nSPS) is 16.6. The molecule has 0 radical (unpaired) electrons. The van der Waals surface area contributed by atoms with Gasteiger partial charge in [0.2, 0.25) is 0 Å². The Balaban J connectivity index is 2.21. The Morgan fingerprint density at radius 1 is 1.38 bits per heavy atom. The van der Waals surface area contributed by atoms with Crippen LogP contribution in [0, 0.1) is 12.8 Å². The molecule has 1 aliphatic rings. The van der Waals surface area contributed by atoms with E-state index >= 15 is 0 Å². The fourth-order valence-corrected chi connectivity index (χ4v) is 3.11. The Morgan fingerprint density at radius 3 is 2.67 bits per heavy atom. The van der Waals surface area contributed by atoms with Crippen LogP contribution in [0.4, 0.5) is 5.69 Å². The average Bonchev–Trinajstić information content (AvgIpc) is 2.74. The minimum Gasteiger partial charge on any atom is -0.478 e. The summed E-state index contributed by atoms with van der Waals surface area (Å²) in [6, 6.07) is 0. The number of carboxylic acids is 1. The molecule has 2 aromatic heterocycles. The molecule has 21 heavy (non-hydrogen) atoms. The second-order valence-electron chi connectivity index (χ2n) is 5.90. The van der Waals surface area contributed by atoms with Gasteiger partial charge in [0.15, 0.2) is 5.65 Å². The maximum atomic E-state index is 11.6. The van der Waals surface area contributed by atoms with E-state index in [1.807, 2.05) is 14.0 Å². The first-order chi connectivity index (χ1) is 9.99. The lowest BCUT2D eigenvalue weighted by Gasteiger charge is -2.33. The van der Waals surface area contributed by atoms with Gasteiger partial charge in [-0.1, -0.05) is 6.92 Å². The van der Waals surface area contributed by atoms with Crippen molar-refractivity contribution in [2.75, 3.05) is 18.0 Å². The Morgan fingerprint density at radius 2 is 2.05 bits per heavy atom. The molecule has 1 aliphatic heterocycles. The molecule has 112 valence electrons. The lowest BCUT2D eigenvalue weighted by atomic mass is 9.97. The molecule has 2 aromatic rings. The van der Waals surface area contributed by atoms with Crippen molar-refractivity contribution in [3.05, 3.63) is 17.5 Å². The Kier molecular flexibility index (Phi) is 3.31. The molecule has 3 rings (SSSR count). The zero-order valence-corrected chi connectivity index (χ0v) is 12.6. The number of pyridine rings is 1.